The zero-order valence-corrected chi connectivity index (χ0v) is 11.6. The van der Waals surface area contributed by atoms with Gasteiger partial charge in [-0.05, 0) is 19.4 Å². The Hall–Kier alpha value is -0.910. The van der Waals surface area contributed by atoms with E-state index in [0.717, 1.165) is 11.1 Å². The molecule has 0 bridgehead atoms. The molecule has 4 nitrogen and oxygen atoms in total. The minimum atomic E-state index is -3.23. The van der Waals surface area contributed by atoms with Gasteiger partial charge in [0.25, 0.3) is 0 Å². The Morgan fingerprint density at radius 1 is 1.33 bits per heavy atom. The minimum Gasteiger partial charge on any atom is -0.376 e. The molecule has 0 amide bonds. The van der Waals surface area contributed by atoms with Gasteiger partial charge in [-0.25, -0.2) is 8.42 Å². The minimum absolute atomic E-state index is 0.0217. The summed E-state index contributed by atoms with van der Waals surface area (Å²) in [5.74, 6) is 0.0694. The zero-order chi connectivity index (χ0) is 13.2. The summed E-state index contributed by atoms with van der Waals surface area (Å²) in [4.78, 5) is 0. The molecule has 1 saturated heterocycles. The van der Waals surface area contributed by atoms with Gasteiger partial charge < -0.3 is 4.74 Å². The smallest absolute Gasteiger partial charge is 0.218 e. The molecule has 18 heavy (non-hydrogen) atoms. The standard InChI is InChI=1S/C13H19NO3S/c1-11-3-5-13(6-4-11)10-18(15,16)14-7-8-17-12(2)9-14/h3-6,12H,7-10H2,1-2H3. The van der Waals surface area contributed by atoms with Crippen LogP contribution in [0.25, 0.3) is 0 Å². The van der Waals surface area contributed by atoms with E-state index in [0.29, 0.717) is 19.7 Å². The van der Waals surface area contributed by atoms with E-state index in [2.05, 4.69) is 0 Å². The molecular formula is C13H19NO3S. The average molecular weight is 269 g/mol. The zero-order valence-electron chi connectivity index (χ0n) is 10.8. The third kappa shape index (κ3) is 3.31. The fraction of sp³-hybridized carbons (Fsp3) is 0.538. The van der Waals surface area contributed by atoms with Gasteiger partial charge in [-0.15, -0.1) is 0 Å². The molecule has 1 fully saturated rings. The van der Waals surface area contributed by atoms with Crippen LogP contribution >= 0.6 is 0 Å². The summed E-state index contributed by atoms with van der Waals surface area (Å²) in [6, 6.07) is 7.62. The molecule has 2 rings (SSSR count). The van der Waals surface area contributed by atoms with E-state index < -0.39 is 10.0 Å². The van der Waals surface area contributed by atoms with Crippen LogP contribution in [0, 0.1) is 6.92 Å². The van der Waals surface area contributed by atoms with Crippen molar-refractivity contribution in [1.29, 1.82) is 0 Å². The van der Waals surface area contributed by atoms with E-state index >= 15 is 0 Å². The maximum Gasteiger partial charge on any atom is 0.218 e. The molecule has 0 aliphatic carbocycles. The van der Waals surface area contributed by atoms with Gasteiger partial charge in [0.15, 0.2) is 0 Å². The van der Waals surface area contributed by atoms with Gasteiger partial charge in [0.2, 0.25) is 10.0 Å². The molecular weight excluding hydrogens is 250 g/mol. The first kappa shape index (κ1) is 13.5. The van der Waals surface area contributed by atoms with Gasteiger partial charge in [0.1, 0.15) is 0 Å². The Morgan fingerprint density at radius 3 is 2.61 bits per heavy atom. The largest absolute Gasteiger partial charge is 0.376 e. The number of hydrogen-bond donors (Lipinski definition) is 0. The van der Waals surface area contributed by atoms with Crippen LogP contribution in [0.2, 0.25) is 0 Å². The van der Waals surface area contributed by atoms with Crippen LogP contribution in [0.4, 0.5) is 0 Å². The van der Waals surface area contributed by atoms with Crippen LogP contribution in [0.3, 0.4) is 0 Å². The molecule has 1 aliphatic rings. The highest BCUT2D eigenvalue weighted by Gasteiger charge is 2.27. The van der Waals surface area contributed by atoms with Crippen LogP contribution in [0.1, 0.15) is 18.1 Å². The molecule has 0 aromatic heterocycles. The number of rotatable bonds is 3. The molecule has 1 aliphatic heterocycles. The number of sulfonamides is 1. The van der Waals surface area contributed by atoms with Gasteiger partial charge in [-0.3, -0.25) is 0 Å². The van der Waals surface area contributed by atoms with Gasteiger partial charge in [-0.1, -0.05) is 29.8 Å². The number of aryl methyl sites for hydroxylation is 1. The molecule has 100 valence electrons. The molecule has 1 unspecified atom stereocenters. The van der Waals surface area contributed by atoms with Crippen molar-refractivity contribution >= 4 is 10.0 Å². The predicted octanol–water partition coefficient (Wildman–Crippen LogP) is 1.55. The molecule has 1 aromatic carbocycles. The van der Waals surface area contributed by atoms with E-state index in [1.54, 1.807) is 0 Å². The second-order valence-electron chi connectivity index (χ2n) is 4.78. The first-order valence-corrected chi connectivity index (χ1v) is 7.73. The third-order valence-electron chi connectivity index (χ3n) is 3.07. The first-order valence-electron chi connectivity index (χ1n) is 6.12. The van der Waals surface area contributed by atoms with Crippen molar-refractivity contribution in [3.8, 4) is 0 Å². The number of benzene rings is 1. The molecule has 5 heteroatoms. The van der Waals surface area contributed by atoms with Crippen molar-refractivity contribution in [3.05, 3.63) is 35.4 Å². The summed E-state index contributed by atoms with van der Waals surface area (Å²) in [6.45, 7) is 5.27. The summed E-state index contributed by atoms with van der Waals surface area (Å²) in [6.07, 6.45) is -0.0217. The molecule has 1 heterocycles. The fourth-order valence-electron chi connectivity index (χ4n) is 2.03. The first-order chi connectivity index (χ1) is 8.47. The summed E-state index contributed by atoms with van der Waals surface area (Å²) in [5.41, 5.74) is 1.97. The normalized spacial score (nSPS) is 22.0. The van der Waals surface area contributed by atoms with E-state index in [9.17, 15) is 8.42 Å². The Bertz CT molecular complexity index is 495. The highest BCUT2D eigenvalue weighted by Crippen LogP contribution is 2.15. The van der Waals surface area contributed by atoms with Crippen molar-refractivity contribution in [2.45, 2.75) is 25.7 Å². The quantitative estimate of drug-likeness (QED) is 0.836. The van der Waals surface area contributed by atoms with Crippen LogP contribution in [0.15, 0.2) is 24.3 Å². The number of morpholine rings is 1. The van der Waals surface area contributed by atoms with Gasteiger partial charge in [0.05, 0.1) is 18.5 Å². The van der Waals surface area contributed by atoms with Crippen molar-refractivity contribution in [2.24, 2.45) is 0 Å². The van der Waals surface area contributed by atoms with Crippen LogP contribution < -0.4 is 0 Å². The van der Waals surface area contributed by atoms with Crippen LogP contribution in [0.5, 0.6) is 0 Å². The monoisotopic (exact) mass is 269 g/mol. The molecule has 0 radical (unpaired) electrons. The second kappa shape index (κ2) is 5.38. The number of ether oxygens (including phenoxy) is 1. The maximum absolute atomic E-state index is 12.3. The lowest BCUT2D eigenvalue weighted by molar-refractivity contribution is 0.0101. The Morgan fingerprint density at radius 2 is 2.00 bits per heavy atom. The number of hydrogen-bond acceptors (Lipinski definition) is 3. The van der Waals surface area contributed by atoms with E-state index in [4.69, 9.17) is 4.74 Å². The molecule has 1 atom stereocenters. The Labute approximate surface area is 109 Å². The third-order valence-corrected chi connectivity index (χ3v) is 4.88. The van der Waals surface area contributed by atoms with Gasteiger partial charge in [-0.2, -0.15) is 4.31 Å². The SMILES string of the molecule is Cc1ccc(CS(=O)(=O)N2CCOC(C)C2)cc1. The number of nitrogens with zero attached hydrogens (tertiary/aromatic N) is 1. The van der Waals surface area contributed by atoms with Gasteiger partial charge >= 0.3 is 0 Å². The van der Waals surface area contributed by atoms with Gasteiger partial charge in [0, 0.05) is 13.1 Å². The summed E-state index contributed by atoms with van der Waals surface area (Å²) in [5, 5.41) is 0. The Balaban J connectivity index is 2.09. The lowest BCUT2D eigenvalue weighted by Gasteiger charge is -2.30. The summed E-state index contributed by atoms with van der Waals surface area (Å²) >= 11 is 0. The van der Waals surface area contributed by atoms with Crippen molar-refractivity contribution < 1.29 is 13.2 Å². The topological polar surface area (TPSA) is 46.6 Å². The molecule has 0 spiro atoms. The Kier molecular flexibility index (Phi) is 4.04. The van der Waals surface area contributed by atoms with E-state index in [1.807, 2.05) is 38.1 Å². The summed E-state index contributed by atoms with van der Waals surface area (Å²) < 4.78 is 31.4. The second-order valence-corrected chi connectivity index (χ2v) is 6.75. The van der Waals surface area contributed by atoms with Crippen molar-refractivity contribution in [2.75, 3.05) is 19.7 Å². The molecule has 1 aromatic rings. The fourth-order valence-corrected chi connectivity index (χ4v) is 3.61. The van der Waals surface area contributed by atoms with Crippen molar-refractivity contribution in [1.82, 2.24) is 4.31 Å². The maximum atomic E-state index is 12.3. The molecule has 0 saturated carbocycles. The van der Waals surface area contributed by atoms with E-state index in [1.165, 1.54) is 4.31 Å². The van der Waals surface area contributed by atoms with E-state index in [-0.39, 0.29) is 11.9 Å². The van der Waals surface area contributed by atoms with Crippen molar-refractivity contribution in [3.63, 3.8) is 0 Å². The lowest BCUT2D eigenvalue weighted by atomic mass is 10.2. The van der Waals surface area contributed by atoms with Crippen LogP contribution in [-0.2, 0) is 20.5 Å². The summed E-state index contributed by atoms with van der Waals surface area (Å²) in [7, 11) is -3.23. The van der Waals surface area contributed by atoms with Crippen LogP contribution in [-0.4, -0.2) is 38.5 Å². The predicted molar refractivity (Wildman–Crippen MR) is 70.8 cm³/mol. The average Bonchev–Trinajstić information content (AvgIpc) is 2.32. The highest BCUT2D eigenvalue weighted by atomic mass is 32.2. The highest BCUT2D eigenvalue weighted by molar-refractivity contribution is 7.88. The molecule has 0 N–H and O–H groups in total. The lowest BCUT2D eigenvalue weighted by Crippen LogP contribution is -2.44.